The molecule has 1 N–H and O–H groups in total. The average molecular weight is 284 g/mol. The van der Waals surface area contributed by atoms with Crippen molar-refractivity contribution in [3.05, 3.63) is 24.3 Å². The molecule has 0 aromatic heterocycles. The van der Waals surface area contributed by atoms with Crippen LogP contribution in [0.3, 0.4) is 0 Å². The van der Waals surface area contributed by atoms with Gasteiger partial charge < -0.3 is 10.1 Å². The van der Waals surface area contributed by atoms with E-state index in [1.54, 1.807) is 0 Å². The molecule has 0 aromatic rings. The van der Waals surface area contributed by atoms with Crippen LogP contribution in [0.2, 0.25) is 0 Å². The summed E-state index contributed by atoms with van der Waals surface area (Å²) in [4.78, 5) is 11.4. The van der Waals surface area contributed by atoms with E-state index in [1.165, 1.54) is 11.1 Å². The number of hydrogen-bond donors (Lipinski definition) is 1. The van der Waals surface area contributed by atoms with Crippen LogP contribution in [0.4, 0.5) is 0 Å². The van der Waals surface area contributed by atoms with Crippen molar-refractivity contribution in [3.63, 3.8) is 0 Å². The first-order valence-electron chi connectivity index (χ1n) is 6.68. The summed E-state index contributed by atoms with van der Waals surface area (Å²) >= 11 is 0. The number of hydrogen-bond acceptors (Lipinski definition) is 3. The molecule has 1 heterocycles. The Hall–Kier alpha value is -1.06. The van der Waals surface area contributed by atoms with E-state index >= 15 is 0 Å². The molecule has 3 nitrogen and oxygen atoms in total. The first-order chi connectivity index (χ1) is 8.66. The van der Waals surface area contributed by atoms with Crippen molar-refractivity contribution in [2.24, 2.45) is 5.92 Å². The smallest absolute Gasteiger partial charge is 0.309 e. The summed E-state index contributed by atoms with van der Waals surface area (Å²) in [5, 5.41) is 3.22. The Labute approximate surface area is 121 Å². The summed E-state index contributed by atoms with van der Waals surface area (Å²) in [6.07, 6.45) is 1.87. The van der Waals surface area contributed by atoms with Gasteiger partial charge in [-0.2, -0.15) is 0 Å². The van der Waals surface area contributed by atoms with Crippen molar-refractivity contribution in [2.45, 2.75) is 32.8 Å². The number of rotatable bonds is 2. The zero-order valence-corrected chi connectivity index (χ0v) is 12.3. The van der Waals surface area contributed by atoms with Gasteiger partial charge in [0.1, 0.15) is 0 Å². The van der Waals surface area contributed by atoms with E-state index in [0.29, 0.717) is 0 Å². The lowest BCUT2D eigenvalue weighted by Crippen LogP contribution is -2.33. The standard InChI is InChI=1S/C9H17NO2.C6H4.ClH/c1-7(2)12-9(11)8-3-5-10-6-4-8;1-2-6-4-3-5(1)6;/h7-8,10H,3-6H2,1-2H3;1-4H;1H. The Morgan fingerprint density at radius 2 is 1.63 bits per heavy atom. The minimum Gasteiger partial charge on any atom is -0.463 e. The zero-order valence-electron chi connectivity index (χ0n) is 11.5. The SMILES string of the molecule is CC(C)OC(=O)C1CCNCC1.Cl.c1cc2ccc1-2. The van der Waals surface area contributed by atoms with E-state index in [9.17, 15) is 4.79 Å². The van der Waals surface area contributed by atoms with E-state index < -0.39 is 0 Å². The van der Waals surface area contributed by atoms with E-state index in [0.717, 1.165) is 25.9 Å². The summed E-state index contributed by atoms with van der Waals surface area (Å²) < 4.78 is 5.12. The average Bonchev–Trinajstić information content (AvgIpc) is 2.35. The molecule has 106 valence electrons. The molecule has 3 aliphatic rings. The number of nitrogens with one attached hydrogen (secondary N) is 1. The molecule has 3 rings (SSSR count). The molecule has 1 fully saturated rings. The normalized spacial score (nSPS) is 15.9. The fourth-order valence-electron chi connectivity index (χ4n) is 2.05. The van der Waals surface area contributed by atoms with Gasteiger partial charge in [-0.15, -0.1) is 12.4 Å². The number of carbonyl (C=O) groups is 1. The molecule has 1 aliphatic heterocycles. The summed E-state index contributed by atoms with van der Waals surface area (Å²) in [7, 11) is 0. The van der Waals surface area contributed by atoms with Gasteiger partial charge in [0.05, 0.1) is 12.0 Å². The lowest BCUT2D eigenvalue weighted by atomic mass is 9.95. The summed E-state index contributed by atoms with van der Waals surface area (Å²) in [6, 6.07) is 8.48. The summed E-state index contributed by atoms with van der Waals surface area (Å²) in [5.74, 6) is 0.111. The Kier molecular flexibility index (Phi) is 6.32. The second kappa shape index (κ2) is 7.51. The van der Waals surface area contributed by atoms with E-state index in [2.05, 4.69) is 29.6 Å². The molecule has 0 spiro atoms. The third-order valence-electron chi connectivity index (χ3n) is 3.24. The maximum atomic E-state index is 11.4. The molecule has 0 aromatic carbocycles. The number of fused-ring (bicyclic) bond motifs is 1. The third-order valence-corrected chi connectivity index (χ3v) is 3.24. The van der Waals surface area contributed by atoms with Gasteiger partial charge in [0, 0.05) is 0 Å². The highest BCUT2D eigenvalue weighted by Gasteiger charge is 2.22. The van der Waals surface area contributed by atoms with Gasteiger partial charge in [0.2, 0.25) is 0 Å². The molecule has 4 heteroatoms. The number of halogens is 1. The van der Waals surface area contributed by atoms with Gasteiger partial charge in [-0.1, -0.05) is 24.3 Å². The van der Waals surface area contributed by atoms with Crippen LogP contribution in [-0.2, 0) is 9.53 Å². The maximum absolute atomic E-state index is 11.4. The predicted molar refractivity (Wildman–Crippen MR) is 79.5 cm³/mol. The Morgan fingerprint density at radius 1 is 1.16 bits per heavy atom. The van der Waals surface area contributed by atoms with Gasteiger partial charge in [-0.05, 0) is 50.9 Å². The van der Waals surface area contributed by atoms with Gasteiger partial charge >= 0.3 is 5.97 Å². The molecular weight excluding hydrogens is 262 g/mol. The molecular formula is C15H22ClNO2. The quantitative estimate of drug-likeness (QED) is 0.861. The fourth-order valence-corrected chi connectivity index (χ4v) is 2.05. The minimum atomic E-state index is -0.0218. The second-order valence-corrected chi connectivity index (χ2v) is 5.09. The van der Waals surface area contributed by atoms with E-state index in [-0.39, 0.29) is 30.4 Å². The summed E-state index contributed by atoms with van der Waals surface area (Å²) in [5.41, 5.74) is 2.85. The van der Waals surface area contributed by atoms with Crippen LogP contribution in [0, 0.1) is 5.92 Å². The van der Waals surface area contributed by atoms with Crippen molar-refractivity contribution in [1.82, 2.24) is 5.32 Å². The molecule has 0 unspecified atom stereocenters. The monoisotopic (exact) mass is 283 g/mol. The fraction of sp³-hybridized carbons (Fsp3) is 0.533. The van der Waals surface area contributed by atoms with Crippen LogP contribution in [-0.4, -0.2) is 25.2 Å². The highest BCUT2D eigenvalue weighted by molar-refractivity contribution is 5.85. The lowest BCUT2D eigenvalue weighted by Gasteiger charge is -2.21. The van der Waals surface area contributed by atoms with Gasteiger partial charge in [0.25, 0.3) is 0 Å². The number of benzene rings is 1. The van der Waals surface area contributed by atoms with Crippen LogP contribution >= 0.6 is 12.4 Å². The van der Waals surface area contributed by atoms with Crippen molar-refractivity contribution in [3.8, 4) is 11.1 Å². The number of carbonyl (C=O) groups excluding carboxylic acids is 1. The van der Waals surface area contributed by atoms with E-state index in [1.807, 2.05) is 13.8 Å². The van der Waals surface area contributed by atoms with Crippen LogP contribution in [0.25, 0.3) is 11.1 Å². The van der Waals surface area contributed by atoms with Gasteiger partial charge in [0.15, 0.2) is 0 Å². The largest absolute Gasteiger partial charge is 0.463 e. The topological polar surface area (TPSA) is 38.3 Å². The lowest BCUT2D eigenvalue weighted by molar-refractivity contribution is -0.153. The second-order valence-electron chi connectivity index (χ2n) is 5.09. The van der Waals surface area contributed by atoms with Gasteiger partial charge in [-0.25, -0.2) is 0 Å². The third kappa shape index (κ3) is 4.51. The molecule has 0 saturated carbocycles. The Morgan fingerprint density at radius 3 is 1.95 bits per heavy atom. The first kappa shape index (κ1) is 16.0. The number of esters is 1. The van der Waals surface area contributed by atoms with Crippen molar-refractivity contribution in [1.29, 1.82) is 0 Å². The van der Waals surface area contributed by atoms with Crippen LogP contribution < -0.4 is 5.32 Å². The van der Waals surface area contributed by atoms with Crippen molar-refractivity contribution < 1.29 is 9.53 Å². The molecule has 0 amide bonds. The van der Waals surface area contributed by atoms with Crippen molar-refractivity contribution >= 4 is 18.4 Å². The number of piperidine rings is 1. The molecule has 19 heavy (non-hydrogen) atoms. The molecule has 2 aliphatic carbocycles. The number of ether oxygens (including phenoxy) is 1. The Balaban J connectivity index is 0.000000214. The van der Waals surface area contributed by atoms with Crippen LogP contribution in [0.15, 0.2) is 24.3 Å². The molecule has 1 saturated heterocycles. The van der Waals surface area contributed by atoms with E-state index in [4.69, 9.17) is 4.74 Å². The Bertz CT molecular complexity index is 376. The molecule has 0 atom stereocenters. The van der Waals surface area contributed by atoms with Gasteiger partial charge in [-0.3, -0.25) is 4.79 Å². The molecule has 0 radical (unpaired) electrons. The zero-order chi connectivity index (χ0) is 13.0. The summed E-state index contributed by atoms with van der Waals surface area (Å²) in [6.45, 7) is 5.66. The maximum Gasteiger partial charge on any atom is 0.309 e. The van der Waals surface area contributed by atoms with Crippen LogP contribution in [0.5, 0.6) is 0 Å². The highest BCUT2D eigenvalue weighted by atomic mass is 35.5. The first-order valence-corrected chi connectivity index (χ1v) is 6.68. The molecule has 0 bridgehead atoms. The highest BCUT2D eigenvalue weighted by Crippen LogP contribution is 2.29. The predicted octanol–water partition coefficient (Wildman–Crippen LogP) is 3.03. The minimum absolute atomic E-state index is 0. The van der Waals surface area contributed by atoms with Crippen molar-refractivity contribution in [2.75, 3.05) is 13.1 Å². The van der Waals surface area contributed by atoms with Crippen LogP contribution in [0.1, 0.15) is 26.7 Å².